The Labute approximate surface area is 186 Å². The van der Waals surface area contributed by atoms with Crippen LogP contribution >= 0.6 is 24.0 Å². The molecule has 1 fully saturated rings. The number of piperazine rings is 1. The van der Waals surface area contributed by atoms with E-state index in [2.05, 4.69) is 96.6 Å². The third-order valence-corrected chi connectivity index (χ3v) is 6.17. The van der Waals surface area contributed by atoms with Crippen molar-refractivity contribution in [3.05, 3.63) is 65.7 Å². The Balaban J connectivity index is 0.00000225. The van der Waals surface area contributed by atoms with Crippen molar-refractivity contribution in [1.82, 2.24) is 5.32 Å². The summed E-state index contributed by atoms with van der Waals surface area (Å²) in [6, 6.07) is 18.3. The molecule has 150 valence electrons. The molecule has 2 aromatic carbocycles. The number of hydrogen-bond donors (Lipinski definition) is 1. The van der Waals surface area contributed by atoms with E-state index in [0.717, 1.165) is 32.7 Å². The molecule has 3 nitrogen and oxygen atoms in total. The zero-order valence-electron chi connectivity index (χ0n) is 17.2. The van der Waals surface area contributed by atoms with Gasteiger partial charge in [-0.05, 0) is 36.2 Å². The van der Waals surface area contributed by atoms with Gasteiger partial charge in [-0.25, -0.2) is 0 Å². The van der Waals surface area contributed by atoms with Crippen LogP contribution in [0.1, 0.15) is 31.9 Å². The fourth-order valence-electron chi connectivity index (χ4n) is 4.60. The summed E-state index contributed by atoms with van der Waals surface area (Å²) in [5.41, 5.74) is 5.56. The van der Waals surface area contributed by atoms with Crippen molar-refractivity contribution in [3.8, 4) is 0 Å². The summed E-state index contributed by atoms with van der Waals surface area (Å²) in [5.74, 6) is 0. The fourth-order valence-corrected chi connectivity index (χ4v) is 4.60. The van der Waals surface area contributed by atoms with Gasteiger partial charge in [0.1, 0.15) is 0 Å². The number of nitrogens with zero attached hydrogens (tertiary/aromatic N) is 2. The highest BCUT2D eigenvalue weighted by Gasteiger charge is 2.42. The van der Waals surface area contributed by atoms with Crippen molar-refractivity contribution >= 4 is 41.4 Å². The lowest BCUT2D eigenvalue weighted by Crippen LogP contribution is -2.43. The number of rotatable bonds is 4. The second kappa shape index (κ2) is 8.87. The van der Waals surface area contributed by atoms with Crippen molar-refractivity contribution < 1.29 is 0 Å². The Bertz CT molecular complexity index is 807. The molecule has 0 amide bonds. The maximum absolute atomic E-state index is 3.41. The number of fused-ring (bicyclic) bond motifs is 1. The molecule has 28 heavy (non-hydrogen) atoms. The molecule has 0 aliphatic carbocycles. The summed E-state index contributed by atoms with van der Waals surface area (Å²) < 4.78 is 0. The van der Waals surface area contributed by atoms with Crippen LogP contribution in [0, 0.1) is 0 Å². The van der Waals surface area contributed by atoms with Crippen LogP contribution in [0.3, 0.4) is 0 Å². The average Bonchev–Trinajstić information content (AvgIpc) is 2.94. The third-order valence-electron chi connectivity index (χ3n) is 6.17. The molecule has 1 N–H and O–H groups in total. The van der Waals surface area contributed by atoms with Crippen LogP contribution in [0.25, 0.3) is 6.08 Å². The molecule has 1 unspecified atom stereocenters. The minimum Gasteiger partial charge on any atom is -0.369 e. The second-order valence-electron chi connectivity index (χ2n) is 8.16. The van der Waals surface area contributed by atoms with Crippen LogP contribution in [0.4, 0.5) is 11.4 Å². The smallest absolute Gasteiger partial charge is 0.0568 e. The molecule has 2 aliphatic heterocycles. The molecule has 0 saturated carbocycles. The maximum atomic E-state index is 3.41. The minimum atomic E-state index is 0. The zero-order chi connectivity index (χ0) is 18.9. The molecule has 4 rings (SSSR count). The Morgan fingerprint density at radius 3 is 2.39 bits per heavy atom. The van der Waals surface area contributed by atoms with Crippen LogP contribution < -0.4 is 15.1 Å². The molecule has 0 spiro atoms. The lowest BCUT2D eigenvalue weighted by atomic mass is 9.80. The van der Waals surface area contributed by atoms with Gasteiger partial charge in [-0.1, -0.05) is 56.3 Å². The SMILES string of the molecule is CCN1c2ccccc2C(C)(C)C1C=Cc1ccc(N2CCNCC2)cc1.I. The highest BCUT2D eigenvalue weighted by atomic mass is 127. The molecular weight excluding hydrogens is 457 g/mol. The molecular formula is C24H32IN3. The van der Waals surface area contributed by atoms with Crippen LogP contribution in [-0.4, -0.2) is 38.8 Å². The first kappa shape index (κ1) is 21.2. The third kappa shape index (κ3) is 3.94. The summed E-state index contributed by atoms with van der Waals surface area (Å²) >= 11 is 0. The van der Waals surface area contributed by atoms with Crippen LogP contribution in [-0.2, 0) is 5.41 Å². The molecule has 1 saturated heterocycles. The molecule has 1 atom stereocenters. The van der Waals surface area contributed by atoms with Gasteiger partial charge in [-0.15, -0.1) is 24.0 Å². The first-order valence-corrected chi connectivity index (χ1v) is 10.2. The van der Waals surface area contributed by atoms with E-state index in [1.165, 1.54) is 22.5 Å². The Morgan fingerprint density at radius 2 is 1.71 bits per heavy atom. The fraction of sp³-hybridized carbons (Fsp3) is 0.417. The van der Waals surface area contributed by atoms with Crippen LogP contribution in [0.2, 0.25) is 0 Å². The molecule has 4 heteroatoms. The van der Waals surface area contributed by atoms with E-state index in [-0.39, 0.29) is 29.4 Å². The highest BCUT2D eigenvalue weighted by Crippen LogP contribution is 2.45. The van der Waals surface area contributed by atoms with Gasteiger partial charge in [0.15, 0.2) is 0 Å². The zero-order valence-corrected chi connectivity index (χ0v) is 19.5. The summed E-state index contributed by atoms with van der Waals surface area (Å²) in [6.07, 6.45) is 4.69. The quantitative estimate of drug-likeness (QED) is 0.616. The molecule has 0 aromatic heterocycles. The molecule has 2 aromatic rings. The maximum Gasteiger partial charge on any atom is 0.0568 e. The molecule has 2 aliphatic rings. The van der Waals surface area contributed by atoms with Crippen molar-refractivity contribution in [2.45, 2.75) is 32.2 Å². The van der Waals surface area contributed by atoms with E-state index in [9.17, 15) is 0 Å². The van der Waals surface area contributed by atoms with Gasteiger partial charge in [-0.3, -0.25) is 0 Å². The van der Waals surface area contributed by atoms with Crippen molar-refractivity contribution in [2.24, 2.45) is 0 Å². The molecule has 0 radical (unpaired) electrons. The number of para-hydroxylation sites is 1. The van der Waals surface area contributed by atoms with Gasteiger partial charge in [0.05, 0.1) is 6.04 Å². The summed E-state index contributed by atoms with van der Waals surface area (Å²) in [5, 5.41) is 3.41. The Morgan fingerprint density at radius 1 is 1.04 bits per heavy atom. The van der Waals surface area contributed by atoms with E-state index in [1.54, 1.807) is 0 Å². The minimum absolute atomic E-state index is 0. The van der Waals surface area contributed by atoms with Crippen molar-refractivity contribution in [1.29, 1.82) is 0 Å². The largest absolute Gasteiger partial charge is 0.369 e. The van der Waals surface area contributed by atoms with E-state index in [4.69, 9.17) is 0 Å². The van der Waals surface area contributed by atoms with E-state index < -0.39 is 0 Å². The van der Waals surface area contributed by atoms with E-state index >= 15 is 0 Å². The first-order chi connectivity index (χ1) is 13.1. The number of hydrogen-bond acceptors (Lipinski definition) is 3. The van der Waals surface area contributed by atoms with Crippen molar-refractivity contribution in [3.63, 3.8) is 0 Å². The van der Waals surface area contributed by atoms with Gasteiger partial charge >= 0.3 is 0 Å². The summed E-state index contributed by atoms with van der Waals surface area (Å²) in [7, 11) is 0. The first-order valence-electron chi connectivity index (χ1n) is 10.2. The lowest BCUT2D eigenvalue weighted by Gasteiger charge is -2.31. The highest BCUT2D eigenvalue weighted by molar-refractivity contribution is 14.0. The Hall–Kier alpha value is -1.53. The van der Waals surface area contributed by atoms with Crippen molar-refractivity contribution in [2.75, 3.05) is 42.5 Å². The van der Waals surface area contributed by atoms with Gasteiger partial charge in [-0.2, -0.15) is 0 Å². The summed E-state index contributed by atoms with van der Waals surface area (Å²) in [6.45, 7) is 12.3. The molecule has 2 heterocycles. The van der Waals surface area contributed by atoms with Gasteiger partial charge in [0.25, 0.3) is 0 Å². The number of anilines is 2. The normalized spacial score (nSPS) is 20.9. The number of halogens is 1. The monoisotopic (exact) mass is 489 g/mol. The van der Waals surface area contributed by atoms with Crippen LogP contribution in [0.5, 0.6) is 0 Å². The topological polar surface area (TPSA) is 18.5 Å². The predicted molar refractivity (Wildman–Crippen MR) is 132 cm³/mol. The van der Waals surface area contributed by atoms with Crippen LogP contribution in [0.15, 0.2) is 54.6 Å². The molecule has 0 bridgehead atoms. The average molecular weight is 489 g/mol. The number of benzene rings is 2. The van der Waals surface area contributed by atoms with E-state index in [1.807, 2.05) is 0 Å². The number of nitrogens with one attached hydrogen (secondary N) is 1. The second-order valence-corrected chi connectivity index (χ2v) is 8.16. The Kier molecular flexibility index (Phi) is 6.71. The lowest BCUT2D eigenvalue weighted by molar-refractivity contribution is 0.479. The number of likely N-dealkylation sites (N-methyl/N-ethyl adjacent to an activating group) is 1. The van der Waals surface area contributed by atoms with Gasteiger partial charge in [0.2, 0.25) is 0 Å². The predicted octanol–water partition coefficient (Wildman–Crippen LogP) is 4.91. The standard InChI is InChI=1S/C24H31N3.HI/c1-4-27-22-8-6-5-7-21(22)24(2,3)23(27)14-11-19-9-12-20(13-10-19)26-17-15-25-16-18-26;/h5-14,23,25H,4,15-18H2,1-3H3;1H. The van der Waals surface area contributed by atoms with Gasteiger partial charge < -0.3 is 15.1 Å². The van der Waals surface area contributed by atoms with E-state index in [0.29, 0.717) is 6.04 Å². The van der Waals surface area contributed by atoms with Gasteiger partial charge in [0, 0.05) is 49.5 Å². The summed E-state index contributed by atoms with van der Waals surface area (Å²) in [4.78, 5) is 4.99.